The van der Waals surface area contributed by atoms with Crippen LogP contribution in [0.25, 0.3) is 0 Å². The van der Waals surface area contributed by atoms with Gasteiger partial charge in [0.05, 0.1) is 0 Å². The van der Waals surface area contributed by atoms with E-state index in [1.807, 2.05) is 41.3 Å². The highest BCUT2D eigenvalue weighted by molar-refractivity contribution is 5.89. The van der Waals surface area contributed by atoms with Crippen molar-refractivity contribution < 1.29 is 9.18 Å². The fraction of sp³-hybridized carbons (Fsp3) is 0.316. The first-order valence-electron chi connectivity index (χ1n) is 8.28. The van der Waals surface area contributed by atoms with E-state index in [1.54, 1.807) is 12.1 Å². The number of carbonyl (C=O) groups excluding carboxylic acids is 1. The van der Waals surface area contributed by atoms with Crippen LogP contribution in [-0.2, 0) is 6.54 Å². The lowest BCUT2D eigenvalue weighted by molar-refractivity contribution is 0.0434. The Bertz CT molecular complexity index is 736. The molecule has 2 aliphatic rings. The van der Waals surface area contributed by atoms with Crippen LogP contribution in [0.2, 0.25) is 0 Å². The number of likely N-dealkylation sites (tertiary alicyclic amines) is 2. The van der Waals surface area contributed by atoms with E-state index in [1.165, 1.54) is 6.07 Å². The first kappa shape index (κ1) is 15.1. The molecule has 2 aliphatic heterocycles. The first-order valence-corrected chi connectivity index (χ1v) is 8.28. The zero-order valence-electron chi connectivity index (χ0n) is 13.4. The number of hydrogen-bond donors (Lipinski definition) is 1. The number of anilines is 1. The third kappa shape index (κ3) is 2.99. The molecule has 4 rings (SSSR count). The summed E-state index contributed by atoms with van der Waals surface area (Å²) in [6.45, 7) is 3.24. The lowest BCUT2D eigenvalue weighted by atomic mass is 9.91. The standard InChI is InChI=1S/C19H20FN3O/c20-16-6-4-5-14(9-16)10-22-11-15-12-23(13-18(15)22)19(24)21-17-7-2-1-3-8-17/h1-9,15,18H,10-13H2,(H,21,24). The summed E-state index contributed by atoms with van der Waals surface area (Å²) in [4.78, 5) is 16.6. The monoisotopic (exact) mass is 325 g/mol. The maximum Gasteiger partial charge on any atom is 0.321 e. The molecule has 2 amide bonds. The van der Waals surface area contributed by atoms with Crippen molar-refractivity contribution in [2.75, 3.05) is 25.0 Å². The van der Waals surface area contributed by atoms with Gasteiger partial charge in [-0.15, -0.1) is 0 Å². The summed E-state index contributed by atoms with van der Waals surface area (Å²) >= 11 is 0. The molecule has 0 radical (unpaired) electrons. The molecule has 4 nitrogen and oxygen atoms in total. The Hall–Kier alpha value is -2.40. The van der Waals surface area contributed by atoms with Gasteiger partial charge in [0.15, 0.2) is 0 Å². The predicted molar refractivity (Wildman–Crippen MR) is 91.1 cm³/mol. The Morgan fingerprint density at radius 1 is 1.08 bits per heavy atom. The molecule has 2 heterocycles. The second kappa shape index (κ2) is 6.24. The van der Waals surface area contributed by atoms with Gasteiger partial charge >= 0.3 is 6.03 Å². The Labute approximate surface area is 140 Å². The quantitative estimate of drug-likeness (QED) is 0.941. The molecule has 2 unspecified atom stereocenters. The molecule has 2 aromatic rings. The van der Waals surface area contributed by atoms with Crippen LogP contribution in [0.15, 0.2) is 54.6 Å². The summed E-state index contributed by atoms with van der Waals surface area (Å²) in [5.41, 5.74) is 1.80. The minimum Gasteiger partial charge on any atom is -0.323 e. The molecule has 2 saturated heterocycles. The lowest BCUT2D eigenvalue weighted by Crippen LogP contribution is -2.54. The number of rotatable bonds is 3. The molecule has 0 aliphatic carbocycles. The van der Waals surface area contributed by atoms with Crippen LogP contribution in [0.3, 0.4) is 0 Å². The number of amides is 2. The van der Waals surface area contributed by atoms with Crippen LogP contribution in [0.5, 0.6) is 0 Å². The van der Waals surface area contributed by atoms with Crippen molar-refractivity contribution >= 4 is 11.7 Å². The van der Waals surface area contributed by atoms with E-state index in [2.05, 4.69) is 10.2 Å². The van der Waals surface area contributed by atoms with Crippen molar-refractivity contribution in [2.24, 2.45) is 5.92 Å². The van der Waals surface area contributed by atoms with Gasteiger partial charge < -0.3 is 10.2 Å². The minimum atomic E-state index is -0.195. The smallest absolute Gasteiger partial charge is 0.321 e. The van der Waals surface area contributed by atoms with Crippen LogP contribution >= 0.6 is 0 Å². The molecule has 5 heteroatoms. The molecule has 24 heavy (non-hydrogen) atoms. The normalized spacial score (nSPS) is 22.8. The molecule has 0 bridgehead atoms. The van der Waals surface area contributed by atoms with E-state index < -0.39 is 0 Å². The van der Waals surface area contributed by atoms with Gasteiger partial charge in [-0.05, 0) is 29.8 Å². The topological polar surface area (TPSA) is 35.6 Å². The second-order valence-corrected chi connectivity index (χ2v) is 6.59. The number of nitrogens with zero attached hydrogens (tertiary/aromatic N) is 2. The Kier molecular flexibility index (Phi) is 3.94. The lowest BCUT2D eigenvalue weighted by Gasteiger charge is -2.43. The van der Waals surface area contributed by atoms with E-state index in [0.29, 0.717) is 12.0 Å². The molecule has 2 atom stereocenters. The molecule has 0 spiro atoms. The third-order valence-electron chi connectivity index (χ3n) is 4.93. The van der Waals surface area contributed by atoms with Crippen LogP contribution in [0, 0.1) is 11.7 Å². The molecule has 1 N–H and O–H groups in total. The summed E-state index contributed by atoms with van der Waals surface area (Å²) in [7, 11) is 0. The molecule has 2 aromatic carbocycles. The van der Waals surface area contributed by atoms with E-state index in [-0.39, 0.29) is 11.8 Å². The van der Waals surface area contributed by atoms with Crippen LogP contribution in [-0.4, -0.2) is 41.5 Å². The van der Waals surface area contributed by atoms with Gasteiger partial charge in [0.2, 0.25) is 0 Å². The largest absolute Gasteiger partial charge is 0.323 e. The number of nitrogens with one attached hydrogen (secondary N) is 1. The fourth-order valence-corrected chi connectivity index (χ4v) is 3.69. The summed E-state index contributed by atoms with van der Waals surface area (Å²) in [5, 5.41) is 2.94. The average Bonchev–Trinajstić information content (AvgIpc) is 2.91. The van der Waals surface area contributed by atoms with Gasteiger partial charge in [0, 0.05) is 43.8 Å². The number of fused-ring (bicyclic) bond motifs is 1. The molecule has 0 saturated carbocycles. The van der Waals surface area contributed by atoms with Crippen molar-refractivity contribution in [3.8, 4) is 0 Å². The molecule has 0 aromatic heterocycles. The molecule has 2 fully saturated rings. The van der Waals surface area contributed by atoms with Crippen LogP contribution in [0.1, 0.15) is 5.56 Å². The minimum absolute atomic E-state index is 0.0405. The number of urea groups is 1. The summed E-state index contributed by atoms with van der Waals surface area (Å²) in [5.74, 6) is 0.333. The third-order valence-corrected chi connectivity index (χ3v) is 4.93. The zero-order chi connectivity index (χ0) is 16.5. The van der Waals surface area contributed by atoms with Crippen LogP contribution in [0.4, 0.5) is 14.9 Å². The SMILES string of the molecule is O=C(Nc1ccccc1)N1CC2CN(Cc3cccc(F)c3)C2C1. The van der Waals surface area contributed by atoms with E-state index in [0.717, 1.165) is 37.4 Å². The predicted octanol–water partition coefficient (Wildman–Crippen LogP) is 3.17. The first-order chi connectivity index (χ1) is 11.7. The van der Waals surface area contributed by atoms with E-state index in [4.69, 9.17) is 0 Å². The van der Waals surface area contributed by atoms with Gasteiger partial charge in [-0.2, -0.15) is 0 Å². The Morgan fingerprint density at radius 2 is 1.92 bits per heavy atom. The highest BCUT2D eigenvalue weighted by atomic mass is 19.1. The number of benzene rings is 2. The summed E-state index contributed by atoms with van der Waals surface area (Å²) in [6, 6.07) is 16.6. The van der Waals surface area contributed by atoms with Gasteiger partial charge in [-0.3, -0.25) is 4.90 Å². The Morgan fingerprint density at radius 3 is 2.71 bits per heavy atom. The van der Waals surface area contributed by atoms with Crippen LogP contribution < -0.4 is 5.32 Å². The number of para-hydroxylation sites is 1. The van der Waals surface area contributed by atoms with Gasteiger partial charge in [0.25, 0.3) is 0 Å². The zero-order valence-corrected chi connectivity index (χ0v) is 13.4. The number of carbonyl (C=O) groups is 1. The number of halogens is 1. The molecule has 124 valence electrons. The maximum absolute atomic E-state index is 13.3. The van der Waals surface area contributed by atoms with Gasteiger partial charge in [-0.1, -0.05) is 30.3 Å². The van der Waals surface area contributed by atoms with Gasteiger partial charge in [0.1, 0.15) is 5.82 Å². The summed E-state index contributed by atoms with van der Waals surface area (Å²) < 4.78 is 13.3. The highest BCUT2D eigenvalue weighted by Gasteiger charge is 2.46. The number of hydrogen-bond acceptors (Lipinski definition) is 2. The second-order valence-electron chi connectivity index (χ2n) is 6.59. The highest BCUT2D eigenvalue weighted by Crippen LogP contribution is 2.33. The fourth-order valence-electron chi connectivity index (χ4n) is 3.69. The maximum atomic E-state index is 13.3. The Balaban J connectivity index is 1.34. The van der Waals surface area contributed by atoms with Gasteiger partial charge in [-0.25, -0.2) is 9.18 Å². The van der Waals surface area contributed by atoms with Crippen molar-refractivity contribution in [3.05, 3.63) is 66.0 Å². The van der Waals surface area contributed by atoms with Crippen molar-refractivity contribution in [1.29, 1.82) is 0 Å². The van der Waals surface area contributed by atoms with Crippen molar-refractivity contribution in [2.45, 2.75) is 12.6 Å². The van der Waals surface area contributed by atoms with Crippen molar-refractivity contribution in [3.63, 3.8) is 0 Å². The van der Waals surface area contributed by atoms with Crippen molar-refractivity contribution in [1.82, 2.24) is 9.80 Å². The molecular weight excluding hydrogens is 305 g/mol. The van der Waals surface area contributed by atoms with E-state index in [9.17, 15) is 9.18 Å². The average molecular weight is 325 g/mol. The summed E-state index contributed by atoms with van der Waals surface area (Å²) in [6.07, 6.45) is 0. The van der Waals surface area contributed by atoms with E-state index >= 15 is 0 Å². The molecular formula is C19H20FN3O.